The first-order valence-electron chi connectivity index (χ1n) is 5.48. The van der Waals surface area contributed by atoms with Crippen LogP contribution >= 0.6 is 0 Å². The second-order valence-electron chi connectivity index (χ2n) is 3.54. The number of rotatable bonds is 5. The molecule has 5 heteroatoms. The molecule has 1 aromatic carbocycles. The van der Waals surface area contributed by atoms with Crippen molar-refractivity contribution in [1.29, 1.82) is 0 Å². The molecule has 0 aromatic heterocycles. The fourth-order valence-corrected chi connectivity index (χ4v) is 1.43. The Morgan fingerprint density at radius 1 is 1.29 bits per heavy atom. The predicted octanol–water partition coefficient (Wildman–Crippen LogP) is 1.85. The summed E-state index contributed by atoms with van der Waals surface area (Å²) in [5, 5.41) is 13.9. The van der Waals surface area contributed by atoms with Gasteiger partial charge in [-0.3, -0.25) is 4.79 Å². The SMILES string of the molecule is CCNC(=O)Nc1ccccc1CCC(=O)O. The monoisotopic (exact) mass is 236 g/mol. The Kier molecular flexibility index (Phi) is 5.00. The zero-order valence-electron chi connectivity index (χ0n) is 9.69. The molecule has 0 bridgehead atoms. The molecule has 0 radical (unpaired) electrons. The molecule has 2 amide bonds. The highest BCUT2D eigenvalue weighted by Crippen LogP contribution is 2.16. The van der Waals surface area contributed by atoms with E-state index in [-0.39, 0.29) is 12.5 Å². The van der Waals surface area contributed by atoms with Gasteiger partial charge in [0.25, 0.3) is 0 Å². The number of carboxylic acid groups (broad SMARTS) is 1. The molecular formula is C12H16N2O3. The van der Waals surface area contributed by atoms with E-state index in [1.807, 2.05) is 19.1 Å². The summed E-state index contributed by atoms with van der Waals surface area (Å²) in [5.74, 6) is -0.849. The summed E-state index contributed by atoms with van der Waals surface area (Å²) in [6.45, 7) is 2.37. The molecule has 0 atom stereocenters. The molecule has 1 rings (SSSR count). The lowest BCUT2D eigenvalue weighted by Gasteiger charge is -2.10. The van der Waals surface area contributed by atoms with Gasteiger partial charge in [-0.2, -0.15) is 0 Å². The molecule has 5 nitrogen and oxygen atoms in total. The van der Waals surface area contributed by atoms with Crippen LogP contribution in [0.1, 0.15) is 18.9 Å². The molecule has 0 fully saturated rings. The van der Waals surface area contributed by atoms with E-state index in [0.717, 1.165) is 5.56 Å². The summed E-state index contributed by atoms with van der Waals surface area (Å²) in [6.07, 6.45) is 0.450. The molecule has 0 unspecified atom stereocenters. The van der Waals surface area contributed by atoms with E-state index in [9.17, 15) is 9.59 Å². The number of carbonyl (C=O) groups excluding carboxylic acids is 1. The number of nitrogens with one attached hydrogen (secondary N) is 2. The van der Waals surface area contributed by atoms with Crippen LogP contribution in [0.4, 0.5) is 10.5 Å². The van der Waals surface area contributed by atoms with Crippen LogP contribution in [0.25, 0.3) is 0 Å². The van der Waals surface area contributed by atoms with Crippen molar-refractivity contribution in [3.63, 3.8) is 0 Å². The van der Waals surface area contributed by atoms with Gasteiger partial charge in [-0.05, 0) is 25.0 Å². The number of hydrogen-bond donors (Lipinski definition) is 3. The van der Waals surface area contributed by atoms with Gasteiger partial charge < -0.3 is 15.7 Å². The summed E-state index contributed by atoms with van der Waals surface area (Å²) in [7, 11) is 0. The Hall–Kier alpha value is -2.04. The fraction of sp³-hybridized carbons (Fsp3) is 0.333. The zero-order valence-corrected chi connectivity index (χ0v) is 9.69. The summed E-state index contributed by atoms with van der Waals surface area (Å²) in [4.78, 5) is 21.9. The van der Waals surface area contributed by atoms with Gasteiger partial charge >= 0.3 is 12.0 Å². The Balaban J connectivity index is 2.70. The van der Waals surface area contributed by atoms with E-state index < -0.39 is 5.97 Å². The second-order valence-corrected chi connectivity index (χ2v) is 3.54. The Morgan fingerprint density at radius 3 is 2.65 bits per heavy atom. The van der Waals surface area contributed by atoms with Gasteiger partial charge in [0.2, 0.25) is 0 Å². The standard InChI is InChI=1S/C12H16N2O3/c1-2-13-12(17)14-10-6-4-3-5-9(10)7-8-11(15)16/h3-6H,2,7-8H2,1H3,(H,15,16)(H2,13,14,17). The minimum Gasteiger partial charge on any atom is -0.481 e. The molecule has 0 spiro atoms. The van der Waals surface area contributed by atoms with Gasteiger partial charge in [0.15, 0.2) is 0 Å². The zero-order chi connectivity index (χ0) is 12.7. The highest BCUT2D eigenvalue weighted by atomic mass is 16.4. The first-order valence-corrected chi connectivity index (χ1v) is 5.48. The van der Waals surface area contributed by atoms with Crippen LogP contribution in [0, 0.1) is 0 Å². The molecule has 0 aliphatic rings. The number of urea groups is 1. The number of carboxylic acids is 1. The topological polar surface area (TPSA) is 78.4 Å². The van der Waals surface area contributed by atoms with Crippen molar-refractivity contribution >= 4 is 17.7 Å². The van der Waals surface area contributed by atoms with Crippen LogP contribution in [-0.4, -0.2) is 23.7 Å². The van der Waals surface area contributed by atoms with E-state index in [1.54, 1.807) is 12.1 Å². The van der Waals surface area contributed by atoms with Crippen LogP contribution in [0.2, 0.25) is 0 Å². The predicted molar refractivity (Wildman–Crippen MR) is 65.1 cm³/mol. The quantitative estimate of drug-likeness (QED) is 0.730. The van der Waals surface area contributed by atoms with E-state index in [0.29, 0.717) is 18.7 Å². The lowest BCUT2D eigenvalue weighted by molar-refractivity contribution is -0.136. The maximum atomic E-state index is 11.4. The van der Waals surface area contributed by atoms with Gasteiger partial charge in [0.1, 0.15) is 0 Å². The maximum absolute atomic E-state index is 11.4. The van der Waals surface area contributed by atoms with Gasteiger partial charge in [-0.25, -0.2) is 4.79 Å². The fourth-order valence-electron chi connectivity index (χ4n) is 1.43. The third kappa shape index (κ3) is 4.55. The van der Waals surface area contributed by atoms with Crippen molar-refractivity contribution in [1.82, 2.24) is 5.32 Å². The van der Waals surface area contributed by atoms with Crippen molar-refractivity contribution in [2.24, 2.45) is 0 Å². The van der Waals surface area contributed by atoms with Crippen LogP contribution in [0.5, 0.6) is 0 Å². The number of hydrogen-bond acceptors (Lipinski definition) is 2. The normalized spacial score (nSPS) is 9.71. The van der Waals surface area contributed by atoms with Gasteiger partial charge in [-0.15, -0.1) is 0 Å². The molecule has 0 aliphatic carbocycles. The summed E-state index contributed by atoms with van der Waals surface area (Å²) < 4.78 is 0. The van der Waals surface area contributed by atoms with Crippen LogP contribution in [0.3, 0.4) is 0 Å². The van der Waals surface area contributed by atoms with Gasteiger partial charge in [0, 0.05) is 18.7 Å². The Labute approximate surface area is 99.8 Å². The lowest BCUT2D eigenvalue weighted by atomic mass is 10.1. The molecule has 3 N–H and O–H groups in total. The summed E-state index contributed by atoms with van der Waals surface area (Å²) in [6, 6.07) is 6.90. The third-order valence-corrected chi connectivity index (χ3v) is 2.21. The number of aryl methyl sites for hydroxylation is 1. The molecule has 0 saturated heterocycles. The van der Waals surface area contributed by atoms with E-state index in [4.69, 9.17) is 5.11 Å². The molecule has 1 aromatic rings. The minimum atomic E-state index is -0.849. The molecule has 0 heterocycles. The van der Waals surface area contributed by atoms with Crippen LogP contribution in [0.15, 0.2) is 24.3 Å². The lowest BCUT2D eigenvalue weighted by Crippen LogP contribution is -2.28. The van der Waals surface area contributed by atoms with Gasteiger partial charge in [-0.1, -0.05) is 18.2 Å². The van der Waals surface area contributed by atoms with E-state index in [1.165, 1.54) is 0 Å². The average Bonchev–Trinajstić information content (AvgIpc) is 2.28. The van der Waals surface area contributed by atoms with Crippen molar-refractivity contribution in [3.8, 4) is 0 Å². The maximum Gasteiger partial charge on any atom is 0.319 e. The molecule has 0 aliphatic heterocycles. The van der Waals surface area contributed by atoms with Crippen molar-refractivity contribution < 1.29 is 14.7 Å². The highest BCUT2D eigenvalue weighted by Gasteiger charge is 2.06. The second kappa shape index (κ2) is 6.52. The number of para-hydroxylation sites is 1. The number of aliphatic carboxylic acids is 1. The van der Waals surface area contributed by atoms with Crippen molar-refractivity contribution in [3.05, 3.63) is 29.8 Å². The smallest absolute Gasteiger partial charge is 0.319 e. The van der Waals surface area contributed by atoms with Gasteiger partial charge in [0.05, 0.1) is 0 Å². The summed E-state index contributed by atoms with van der Waals surface area (Å²) >= 11 is 0. The molecular weight excluding hydrogens is 220 g/mol. The number of carbonyl (C=O) groups is 2. The van der Waals surface area contributed by atoms with Crippen molar-refractivity contribution in [2.75, 3.05) is 11.9 Å². The summed E-state index contributed by atoms with van der Waals surface area (Å²) in [5.41, 5.74) is 1.47. The molecule has 0 saturated carbocycles. The average molecular weight is 236 g/mol. The van der Waals surface area contributed by atoms with Crippen LogP contribution < -0.4 is 10.6 Å². The largest absolute Gasteiger partial charge is 0.481 e. The molecule has 17 heavy (non-hydrogen) atoms. The first-order chi connectivity index (χ1) is 8.13. The van der Waals surface area contributed by atoms with E-state index >= 15 is 0 Å². The molecule has 92 valence electrons. The third-order valence-electron chi connectivity index (χ3n) is 2.21. The van der Waals surface area contributed by atoms with Crippen LogP contribution in [-0.2, 0) is 11.2 Å². The highest BCUT2D eigenvalue weighted by molar-refractivity contribution is 5.90. The number of amides is 2. The Morgan fingerprint density at radius 2 is 2.00 bits per heavy atom. The van der Waals surface area contributed by atoms with Crippen molar-refractivity contribution in [2.45, 2.75) is 19.8 Å². The first kappa shape index (κ1) is 13.0. The minimum absolute atomic E-state index is 0.0497. The Bertz CT molecular complexity index is 404. The number of anilines is 1. The van der Waals surface area contributed by atoms with E-state index in [2.05, 4.69) is 10.6 Å². The number of benzene rings is 1.